The van der Waals surface area contributed by atoms with Gasteiger partial charge in [-0.15, -0.1) is 0 Å². The first-order valence-corrected chi connectivity index (χ1v) is 5.19. The molecular weight excluding hydrogens is 182 g/mol. The summed E-state index contributed by atoms with van der Waals surface area (Å²) in [6.45, 7) is 4.78. The lowest BCUT2D eigenvalue weighted by molar-refractivity contribution is -0.148. The maximum atomic E-state index is 11.5. The molecule has 1 heterocycles. The second-order valence-electron chi connectivity index (χ2n) is 3.44. The number of nitrogens with zero attached hydrogens (tertiary/aromatic N) is 1. The minimum absolute atomic E-state index is 0.0369. The summed E-state index contributed by atoms with van der Waals surface area (Å²) in [6, 6.07) is -0.0369. The Morgan fingerprint density at radius 1 is 1.57 bits per heavy atom. The van der Waals surface area contributed by atoms with Gasteiger partial charge in [-0.25, -0.2) is 0 Å². The topological polar surface area (TPSA) is 38.8 Å². The molecule has 0 saturated carbocycles. The van der Waals surface area contributed by atoms with E-state index < -0.39 is 0 Å². The molecular formula is C10H19NO3. The average molecular weight is 201 g/mol. The fourth-order valence-electron chi connectivity index (χ4n) is 1.81. The summed E-state index contributed by atoms with van der Waals surface area (Å²) in [5.74, 6) is -0.0823. The molecule has 1 aliphatic heterocycles. The van der Waals surface area contributed by atoms with Gasteiger partial charge in [0.15, 0.2) is 0 Å². The van der Waals surface area contributed by atoms with Crippen molar-refractivity contribution < 1.29 is 14.3 Å². The zero-order valence-electron chi connectivity index (χ0n) is 8.99. The average Bonchev–Trinajstić information content (AvgIpc) is 2.63. The Morgan fingerprint density at radius 3 is 3.00 bits per heavy atom. The molecule has 1 saturated heterocycles. The summed E-state index contributed by atoms with van der Waals surface area (Å²) < 4.78 is 10.0. The van der Waals surface area contributed by atoms with Crippen molar-refractivity contribution in [1.29, 1.82) is 0 Å². The smallest absolute Gasteiger partial charge is 0.323 e. The second kappa shape index (κ2) is 5.98. The number of hydrogen-bond donors (Lipinski definition) is 0. The number of methoxy groups -OCH3 is 1. The van der Waals surface area contributed by atoms with Gasteiger partial charge in [0, 0.05) is 13.7 Å². The van der Waals surface area contributed by atoms with Crippen LogP contribution < -0.4 is 0 Å². The van der Waals surface area contributed by atoms with Crippen molar-refractivity contribution >= 4 is 5.97 Å². The number of carbonyl (C=O) groups excluding carboxylic acids is 1. The third-order valence-electron chi connectivity index (χ3n) is 2.50. The highest BCUT2D eigenvalue weighted by Crippen LogP contribution is 2.17. The molecule has 0 aromatic carbocycles. The summed E-state index contributed by atoms with van der Waals surface area (Å²) in [4.78, 5) is 13.7. The Kier molecular flexibility index (Phi) is 4.90. The molecule has 1 rings (SSSR count). The van der Waals surface area contributed by atoms with Gasteiger partial charge < -0.3 is 9.47 Å². The lowest BCUT2D eigenvalue weighted by Gasteiger charge is -2.21. The van der Waals surface area contributed by atoms with Crippen LogP contribution in [0.3, 0.4) is 0 Å². The van der Waals surface area contributed by atoms with Crippen LogP contribution in [0.4, 0.5) is 0 Å². The number of likely N-dealkylation sites (tertiary alicyclic amines) is 1. The van der Waals surface area contributed by atoms with Crippen LogP contribution in [-0.4, -0.2) is 50.3 Å². The van der Waals surface area contributed by atoms with Gasteiger partial charge in [-0.2, -0.15) is 0 Å². The number of hydrogen-bond acceptors (Lipinski definition) is 4. The van der Waals surface area contributed by atoms with Crippen LogP contribution in [0, 0.1) is 0 Å². The van der Waals surface area contributed by atoms with Crippen molar-refractivity contribution in [3.8, 4) is 0 Å². The molecule has 1 unspecified atom stereocenters. The summed E-state index contributed by atoms with van der Waals surface area (Å²) in [7, 11) is 1.68. The Hall–Kier alpha value is -0.610. The number of rotatable bonds is 5. The molecule has 0 bridgehead atoms. The van der Waals surface area contributed by atoms with Crippen LogP contribution in [0.25, 0.3) is 0 Å². The third-order valence-corrected chi connectivity index (χ3v) is 2.50. The van der Waals surface area contributed by atoms with Gasteiger partial charge in [0.1, 0.15) is 6.04 Å². The zero-order chi connectivity index (χ0) is 10.4. The van der Waals surface area contributed by atoms with E-state index in [1.165, 1.54) is 0 Å². The van der Waals surface area contributed by atoms with Crippen molar-refractivity contribution in [1.82, 2.24) is 4.90 Å². The Balaban J connectivity index is 2.38. The second-order valence-corrected chi connectivity index (χ2v) is 3.44. The van der Waals surface area contributed by atoms with Crippen molar-refractivity contribution in [2.24, 2.45) is 0 Å². The van der Waals surface area contributed by atoms with Gasteiger partial charge in [0.25, 0.3) is 0 Å². The monoisotopic (exact) mass is 201 g/mol. The number of ether oxygens (including phenoxy) is 2. The lowest BCUT2D eigenvalue weighted by Crippen LogP contribution is -2.39. The highest BCUT2D eigenvalue weighted by Gasteiger charge is 2.31. The van der Waals surface area contributed by atoms with Crippen LogP contribution in [0.2, 0.25) is 0 Å². The maximum absolute atomic E-state index is 11.5. The zero-order valence-corrected chi connectivity index (χ0v) is 8.99. The predicted molar refractivity (Wildman–Crippen MR) is 53.1 cm³/mol. The normalized spacial score (nSPS) is 22.6. The Labute approximate surface area is 85.2 Å². The van der Waals surface area contributed by atoms with Crippen LogP contribution in [0.5, 0.6) is 0 Å². The van der Waals surface area contributed by atoms with Gasteiger partial charge >= 0.3 is 5.97 Å². The van der Waals surface area contributed by atoms with Crippen LogP contribution in [-0.2, 0) is 14.3 Å². The molecule has 0 radical (unpaired) electrons. The number of carbonyl (C=O) groups is 1. The first-order valence-electron chi connectivity index (χ1n) is 5.19. The quantitative estimate of drug-likeness (QED) is 0.612. The van der Waals surface area contributed by atoms with E-state index in [-0.39, 0.29) is 12.0 Å². The fourth-order valence-corrected chi connectivity index (χ4v) is 1.81. The van der Waals surface area contributed by atoms with Gasteiger partial charge in [0.2, 0.25) is 0 Å². The van der Waals surface area contributed by atoms with E-state index in [0.717, 1.165) is 25.9 Å². The molecule has 4 nitrogen and oxygen atoms in total. The minimum atomic E-state index is -0.0823. The molecule has 0 N–H and O–H groups in total. The van der Waals surface area contributed by atoms with Crippen LogP contribution in [0.1, 0.15) is 19.8 Å². The predicted octanol–water partition coefficient (Wildman–Crippen LogP) is 0.660. The van der Waals surface area contributed by atoms with E-state index >= 15 is 0 Å². The highest BCUT2D eigenvalue weighted by molar-refractivity contribution is 5.76. The molecule has 0 amide bonds. The van der Waals surface area contributed by atoms with E-state index in [0.29, 0.717) is 13.2 Å². The molecule has 0 aromatic rings. The molecule has 1 atom stereocenters. The molecule has 0 aromatic heterocycles. The number of esters is 1. The fraction of sp³-hybridized carbons (Fsp3) is 0.900. The van der Waals surface area contributed by atoms with Crippen LogP contribution >= 0.6 is 0 Å². The third kappa shape index (κ3) is 2.96. The lowest BCUT2D eigenvalue weighted by atomic mass is 10.2. The molecule has 0 aliphatic carbocycles. The summed E-state index contributed by atoms with van der Waals surface area (Å²) in [5, 5.41) is 0. The molecule has 1 aliphatic rings. The van der Waals surface area contributed by atoms with Gasteiger partial charge in [-0.05, 0) is 26.3 Å². The van der Waals surface area contributed by atoms with E-state index in [1.807, 2.05) is 6.92 Å². The first kappa shape index (κ1) is 11.5. The standard InChI is InChI=1S/C10H19NO3/c1-3-14-10(12)9-5-4-6-11(9)7-8-13-2/h9H,3-8H2,1-2H3. The molecule has 1 fully saturated rings. The molecule has 82 valence electrons. The Bertz CT molecular complexity index is 184. The summed E-state index contributed by atoms with van der Waals surface area (Å²) in [5.41, 5.74) is 0. The van der Waals surface area contributed by atoms with Gasteiger partial charge in [-0.1, -0.05) is 0 Å². The van der Waals surface area contributed by atoms with E-state index in [4.69, 9.17) is 9.47 Å². The van der Waals surface area contributed by atoms with Crippen molar-refractivity contribution in [2.75, 3.05) is 33.4 Å². The van der Waals surface area contributed by atoms with Crippen molar-refractivity contribution in [3.05, 3.63) is 0 Å². The summed E-state index contributed by atoms with van der Waals surface area (Å²) in [6.07, 6.45) is 2.00. The SMILES string of the molecule is CCOC(=O)C1CCCN1CCOC. The van der Waals surface area contributed by atoms with E-state index in [1.54, 1.807) is 7.11 Å². The largest absolute Gasteiger partial charge is 0.465 e. The Morgan fingerprint density at radius 2 is 2.36 bits per heavy atom. The van der Waals surface area contributed by atoms with Crippen molar-refractivity contribution in [2.45, 2.75) is 25.8 Å². The van der Waals surface area contributed by atoms with Gasteiger partial charge in [-0.3, -0.25) is 9.69 Å². The van der Waals surface area contributed by atoms with E-state index in [9.17, 15) is 4.79 Å². The van der Waals surface area contributed by atoms with Gasteiger partial charge in [0.05, 0.1) is 13.2 Å². The van der Waals surface area contributed by atoms with Crippen LogP contribution in [0.15, 0.2) is 0 Å². The molecule has 14 heavy (non-hydrogen) atoms. The molecule has 4 heteroatoms. The summed E-state index contributed by atoms with van der Waals surface area (Å²) >= 11 is 0. The highest BCUT2D eigenvalue weighted by atomic mass is 16.5. The maximum Gasteiger partial charge on any atom is 0.323 e. The molecule has 0 spiro atoms. The minimum Gasteiger partial charge on any atom is -0.465 e. The van der Waals surface area contributed by atoms with E-state index in [2.05, 4.69) is 4.90 Å². The van der Waals surface area contributed by atoms with Crippen molar-refractivity contribution in [3.63, 3.8) is 0 Å². The first-order chi connectivity index (χ1) is 6.79.